The molecule has 6 nitrogen and oxygen atoms in total. The molecule has 3 aromatic rings. The van der Waals surface area contributed by atoms with Crippen LogP contribution in [0.5, 0.6) is 11.5 Å². The number of H-pyrrole nitrogens is 1. The first-order chi connectivity index (χ1) is 13.1. The topological polar surface area (TPSA) is 91.8 Å². The second kappa shape index (κ2) is 9.30. The van der Waals surface area contributed by atoms with Gasteiger partial charge in [0.25, 0.3) is 0 Å². The molecule has 144 valence electrons. The molecule has 0 amide bonds. The second-order valence-electron chi connectivity index (χ2n) is 5.24. The van der Waals surface area contributed by atoms with Crippen LogP contribution in [0.3, 0.4) is 0 Å². The molecule has 3 N–H and O–H groups in total. The van der Waals surface area contributed by atoms with E-state index in [2.05, 4.69) is 4.98 Å². The molecular weight excluding hydrogens is 370 g/mol. The lowest BCUT2D eigenvalue weighted by molar-refractivity contribution is 0.0699. The van der Waals surface area contributed by atoms with Crippen molar-refractivity contribution in [2.45, 2.75) is 13.8 Å². The SMILES string of the molecule is CC.CO.O=C(O)c1c[nH]c2cc(Cl)c(-c3ccc4c(c3)OCCO4)cc12. The fourth-order valence-electron chi connectivity index (χ4n) is 2.75. The van der Waals surface area contributed by atoms with Crippen molar-refractivity contribution in [3.8, 4) is 22.6 Å². The van der Waals surface area contributed by atoms with Gasteiger partial charge >= 0.3 is 5.97 Å². The van der Waals surface area contributed by atoms with Crippen molar-refractivity contribution in [3.63, 3.8) is 0 Å². The van der Waals surface area contributed by atoms with Gasteiger partial charge < -0.3 is 24.7 Å². The first-order valence-electron chi connectivity index (χ1n) is 8.52. The van der Waals surface area contributed by atoms with Crippen LogP contribution in [0, 0.1) is 0 Å². The highest BCUT2D eigenvalue weighted by Crippen LogP contribution is 2.38. The van der Waals surface area contributed by atoms with E-state index in [0.717, 1.165) is 18.2 Å². The van der Waals surface area contributed by atoms with Crippen LogP contribution in [0.4, 0.5) is 0 Å². The Morgan fingerprint density at radius 1 is 1.07 bits per heavy atom. The summed E-state index contributed by atoms with van der Waals surface area (Å²) in [5, 5.41) is 17.4. The van der Waals surface area contributed by atoms with E-state index >= 15 is 0 Å². The molecule has 1 aromatic heterocycles. The van der Waals surface area contributed by atoms with Crippen LogP contribution in [0.25, 0.3) is 22.0 Å². The van der Waals surface area contributed by atoms with E-state index in [4.69, 9.17) is 26.2 Å². The number of aliphatic hydroxyl groups excluding tert-OH is 1. The maximum absolute atomic E-state index is 11.3. The number of aromatic carboxylic acids is 1. The van der Waals surface area contributed by atoms with E-state index in [1.807, 2.05) is 32.0 Å². The summed E-state index contributed by atoms with van der Waals surface area (Å²) >= 11 is 6.37. The van der Waals surface area contributed by atoms with Gasteiger partial charge in [-0.3, -0.25) is 0 Å². The van der Waals surface area contributed by atoms with Gasteiger partial charge in [0.2, 0.25) is 0 Å². The number of nitrogens with one attached hydrogen (secondary N) is 1. The largest absolute Gasteiger partial charge is 0.486 e. The molecule has 0 saturated heterocycles. The van der Waals surface area contributed by atoms with Gasteiger partial charge in [-0.25, -0.2) is 4.79 Å². The standard InChI is InChI=1S/C17H12ClNO4.C2H6.CH4O/c18-13-7-14-11(12(8-19-14)17(20)21)6-10(13)9-1-2-15-16(5-9)23-4-3-22-15;2*1-2/h1-2,5-8,19H,3-4H2,(H,20,21);1-2H3;2H,1H3. The average molecular weight is 392 g/mol. The number of carbonyl (C=O) groups is 1. The number of aromatic nitrogens is 1. The lowest BCUT2D eigenvalue weighted by atomic mass is 10.0. The molecule has 0 unspecified atom stereocenters. The van der Waals surface area contributed by atoms with Crippen LogP contribution in [-0.2, 0) is 0 Å². The van der Waals surface area contributed by atoms with Crippen LogP contribution in [0.1, 0.15) is 24.2 Å². The zero-order valence-electron chi connectivity index (χ0n) is 15.4. The van der Waals surface area contributed by atoms with Crippen molar-refractivity contribution in [1.82, 2.24) is 4.98 Å². The minimum absolute atomic E-state index is 0.218. The summed E-state index contributed by atoms with van der Waals surface area (Å²) < 4.78 is 11.1. The number of carboxylic acids is 1. The number of hydrogen-bond acceptors (Lipinski definition) is 4. The van der Waals surface area contributed by atoms with Crippen molar-refractivity contribution in [1.29, 1.82) is 0 Å². The Labute approximate surface area is 162 Å². The number of halogens is 1. The minimum atomic E-state index is -0.980. The van der Waals surface area contributed by atoms with Gasteiger partial charge in [0.15, 0.2) is 11.5 Å². The van der Waals surface area contributed by atoms with E-state index < -0.39 is 5.97 Å². The normalized spacial score (nSPS) is 11.7. The molecule has 0 fully saturated rings. The number of ether oxygens (including phenoxy) is 2. The minimum Gasteiger partial charge on any atom is -0.486 e. The van der Waals surface area contributed by atoms with Gasteiger partial charge in [-0.15, -0.1) is 0 Å². The monoisotopic (exact) mass is 391 g/mol. The molecule has 1 aliphatic heterocycles. The molecule has 2 heterocycles. The number of carboxylic acid groups (broad SMARTS) is 1. The predicted octanol–water partition coefficient (Wildman–Crippen LogP) is 4.59. The van der Waals surface area contributed by atoms with Crippen molar-refractivity contribution in [2.24, 2.45) is 0 Å². The summed E-state index contributed by atoms with van der Waals surface area (Å²) in [6.45, 7) is 5.04. The van der Waals surface area contributed by atoms with E-state index in [0.29, 0.717) is 40.6 Å². The third-order valence-corrected chi connectivity index (χ3v) is 4.17. The molecule has 2 aromatic carbocycles. The maximum atomic E-state index is 11.3. The highest BCUT2D eigenvalue weighted by Gasteiger charge is 2.17. The van der Waals surface area contributed by atoms with Crippen LogP contribution >= 0.6 is 11.6 Å². The van der Waals surface area contributed by atoms with Crippen molar-refractivity contribution in [2.75, 3.05) is 20.3 Å². The second-order valence-corrected chi connectivity index (χ2v) is 5.65. The van der Waals surface area contributed by atoms with Crippen molar-refractivity contribution in [3.05, 3.63) is 47.1 Å². The fraction of sp³-hybridized carbons (Fsp3) is 0.250. The van der Waals surface area contributed by atoms with E-state index in [1.165, 1.54) is 6.20 Å². The van der Waals surface area contributed by atoms with Gasteiger partial charge in [0.05, 0.1) is 10.6 Å². The van der Waals surface area contributed by atoms with Gasteiger partial charge in [-0.2, -0.15) is 0 Å². The molecular formula is C20H22ClNO5. The molecule has 4 rings (SSSR count). The van der Waals surface area contributed by atoms with Crippen LogP contribution in [-0.4, -0.2) is 41.5 Å². The Balaban J connectivity index is 0.000000614. The summed E-state index contributed by atoms with van der Waals surface area (Å²) in [5.41, 5.74) is 2.50. The smallest absolute Gasteiger partial charge is 0.337 e. The number of aromatic amines is 1. The maximum Gasteiger partial charge on any atom is 0.337 e. The molecule has 7 heteroatoms. The third-order valence-electron chi connectivity index (χ3n) is 3.85. The van der Waals surface area contributed by atoms with Crippen molar-refractivity contribution >= 4 is 28.5 Å². The lowest BCUT2D eigenvalue weighted by Gasteiger charge is -2.19. The molecule has 0 aliphatic carbocycles. The average Bonchev–Trinajstić information content (AvgIpc) is 3.13. The molecule has 0 saturated carbocycles. The molecule has 27 heavy (non-hydrogen) atoms. The number of aliphatic hydroxyl groups is 1. The Morgan fingerprint density at radius 3 is 2.41 bits per heavy atom. The zero-order valence-corrected chi connectivity index (χ0v) is 16.1. The zero-order chi connectivity index (χ0) is 20.0. The van der Waals surface area contributed by atoms with Gasteiger partial charge in [0.1, 0.15) is 13.2 Å². The number of rotatable bonds is 2. The summed E-state index contributed by atoms with van der Waals surface area (Å²) in [6, 6.07) is 9.08. The molecule has 0 atom stereocenters. The highest BCUT2D eigenvalue weighted by molar-refractivity contribution is 6.34. The van der Waals surface area contributed by atoms with E-state index in [-0.39, 0.29) is 5.56 Å². The Kier molecular flexibility index (Phi) is 7.10. The summed E-state index contributed by atoms with van der Waals surface area (Å²) in [5.74, 6) is 0.384. The van der Waals surface area contributed by atoms with Gasteiger partial charge in [-0.1, -0.05) is 31.5 Å². The van der Waals surface area contributed by atoms with Crippen LogP contribution in [0.15, 0.2) is 36.5 Å². The first-order valence-corrected chi connectivity index (χ1v) is 8.90. The Hall–Kier alpha value is -2.70. The van der Waals surface area contributed by atoms with Crippen LogP contribution < -0.4 is 9.47 Å². The molecule has 0 bridgehead atoms. The highest BCUT2D eigenvalue weighted by atomic mass is 35.5. The first kappa shape index (κ1) is 20.6. The van der Waals surface area contributed by atoms with Gasteiger partial charge in [-0.05, 0) is 29.8 Å². The van der Waals surface area contributed by atoms with E-state index in [1.54, 1.807) is 12.1 Å². The molecule has 0 spiro atoms. The summed E-state index contributed by atoms with van der Waals surface area (Å²) in [7, 11) is 1.00. The van der Waals surface area contributed by atoms with Crippen molar-refractivity contribution < 1.29 is 24.5 Å². The Bertz CT molecular complexity index is 936. The molecule has 1 aliphatic rings. The Morgan fingerprint density at radius 2 is 1.74 bits per heavy atom. The predicted molar refractivity (Wildman–Crippen MR) is 106 cm³/mol. The fourth-order valence-corrected chi connectivity index (χ4v) is 3.03. The third kappa shape index (κ3) is 4.18. The van der Waals surface area contributed by atoms with Crippen LogP contribution in [0.2, 0.25) is 5.02 Å². The summed E-state index contributed by atoms with van der Waals surface area (Å²) in [6.07, 6.45) is 1.47. The number of benzene rings is 2. The number of fused-ring (bicyclic) bond motifs is 2. The lowest BCUT2D eigenvalue weighted by Crippen LogP contribution is -2.15. The number of hydrogen-bond donors (Lipinski definition) is 3. The summed E-state index contributed by atoms with van der Waals surface area (Å²) in [4.78, 5) is 14.2. The molecule has 0 radical (unpaired) electrons. The van der Waals surface area contributed by atoms with E-state index in [9.17, 15) is 9.90 Å². The van der Waals surface area contributed by atoms with Gasteiger partial charge in [0, 0.05) is 29.8 Å². The quantitative estimate of drug-likeness (QED) is 0.594.